The van der Waals surface area contributed by atoms with E-state index in [1.807, 2.05) is 24.3 Å². The van der Waals surface area contributed by atoms with Crippen molar-refractivity contribution in [3.05, 3.63) is 65.2 Å². The third-order valence-electron chi connectivity index (χ3n) is 5.31. The Hall–Kier alpha value is -3.72. The Labute approximate surface area is 199 Å². The molecule has 0 radical (unpaired) electrons. The maximum absolute atomic E-state index is 12.3. The van der Waals surface area contributed by atoms with E-state index < -0.39 is 11.8 Å². The zero-order valence-corrected chi connectivity index (χ0v) is 19.5. The molecule has 0 unspecified atom stereocenters. The van der Waals surface area contributed by atoms with Crippen molar-refractivity contribution >= 4 is 23.9 Å². The van der Waals surface area contributed by atoms with Gasteiger partial charge in [0.1, 0.15) is 5.75 Å². The molecule has 34 heavy (non-hydrogen) atoms. The van der Waals surface area contributed by atoms with Crippen molar-refractivity contribution in [2.75, 3.05) is 32.9 Å². The summed E-state index contributed by atoms with van der Waals surface area (Å²) in [6.07, 6.45) is 1.37. The van der Waals surface area contributed by atoms with Crippen molar-refractivity contribution in [1.82, 2.24) is 15.6 Å². The van der Waals surface area contributed by atoms with Gasteiger partial charge in [0.05, 0.1) is 19.4 Å². The lowest BCUT2D eigenvalue weighted by Crippen LogP contribution is -2.43. The summed E-state index contributed by atoms with van der Waals surface area (Å²) in [6.45, 7) is 6.47. The Balaban J connectivity index is 1.47. The number of nitrogens with one attached hydrogen (secondary N) is 2. The van der Waals surface area contributed by atoms with Crippen LogP contribution in [-0.2, 0) is 25.7 Å². The zero-order chi connectivity index (χ0) is 24.3. The predicted molar refractivity (Wildman–Crippen MR) is 127 cm³/mol. The molecule has 1 aliphatic rings. The monoisotopic (exact) mass is 466 g/mol. The van der Waals surface area contributed by atoms with E-state index in [1.165, 1.54) is 11.8 Å². The van der Waals surface area contributed by atoms with E-state index in [1.54, 1.807) is 29.2 Å². The molecule has 2 aromatic carbocycles. The second-order valence-electron chi connectivity index (χ2n) is 8.10. The van der Waals surface area contributed by atoms with Gasteiger partial charge in [-0.3, -0.25) is 14.4 Å². The van der Waals surface area contributed by atoms with E-state index in [-0.39, 0.29) is 19.1 Å². The maximum atomic E-state index is 12.3. The van der Waals surface area contributed by atoms with E-state index in [9.17, 15) is 14.4 Å². The number of nitrogens with zero attached hydrogens (tertiary/aromatic N) is 2. The number of hydrogen-bond acceptors (Lipinski definition) is 6. The van der Waals surface area contributed by atoms with Gasteiger partial charge in [0.25, 0.3) is 5.91 Å². The summed E-state index contributed by atoms with van der Waals surface area (Å²) < 4.78 is 10.9. The SMILES string of the molecule is CC(C)c1ccc(CNC(=O)C(=O)N/N=C\c2ccccc2OCC(=O)N2CCOCC2)cc1. The Bertz CT molecular complexity index is 1010. The van der Waals surface area contributed by atoms with Gasteiger partial charge in [-0.2, -0.15) is 5.10 Å². The molecule has 1 heterocycles. The molecule has 0 aliphatic carbocycles. The summed E-state index contributed by atoms with van der Waals surface area (Å²) in [4.78, 5) is 38.1. The number of amides is 3. The van der Waals surface area contributed by atoms with Gasteiger partial charge < -0.3 is 19.7 Å². The van der Waals surface area contributed by atoms with Crippen LogP contribution in [-0.4, -0.2) is 61.7 Å². The molecule has 1 saturated heterocycles. The van der Waals surface area contributed by atoms with Gasteiger partial charge in [0.15, 0.2) is 6.61 Å². The van der Waals surface area contributed by atoms with Gasteiger partial charge in [-0.15, -0.1) is 0 Å². The minimum absolute atomic E-state index is 0.113. The molecule has 2 aromatic rings. The molecule has 0 atom stereocenters. The van der Waals surface area contributed by atoms with Crippen LogP contribution in [0.3, 0.4) is 0 Å². The number of benzene rings is 2. The molecule has 0 saturated carbocycles. The van der Waals surface area contributed by atoms with Crippen molar-refractivity contribution in [1.29, 1.82) is 0 Å². The summed E-state index contributed by atoms with van der Waals surface area (Å²) in [6, 6.07) is 14.8. The van der Waals surface area contributed by atoms with Crippen LogP contribution >= 0.6 is 0 Å². The topological polar surface area (TPSA) is 109 Å². The van der Waals surface area contributed by atoms with Gasteiger partial charge in [-0.25, -0.2) is 5.43 Å². The fourth-order valence-corrected chi connectivity index (χ4v) is 3.26. The van der Waals surface area contributed by atoms with Crippen LogP contribution < -0.4 is 15.5 Å². The first-order valence-electron chi connectivity index (χ1n) is 11.2. The molecule has 3 amide bonds. The van der Waals surface area contributed by atoms with Crippen molar-refractivity contribution in [2.24, 2.45) is 5.10 Å². The quantitative estimate of drug-likeness (QED) is 0.350. The number of hydrazone groups is 1. The first-order chi connectivity index (χ1) is 16.4. The molecule has 0 spiro atoms. The maximum Gasteiger partial charge on any atom is 0.329 e. The molecule has 3 rings (SSSR count). The normalized spacial score (nSPS) is 13.7. The van der Waals surface area contributed by atoms with Crippen molar-refractivity contribution in [3.8, 4) is 5.75 Å². The number of carbonyl (C=O) groups is 3. The third-order valence-corrected chi connectivity index (χ3v) is 5.31. The molecule has 1 aliphatic heterocycles. The fraction of sp³-hybridized carbons (Fsp3) is 0.360. The van der Waals surface area contributed by atoms with Gasteiger partial charge in [-0.05, 0) is 29.2 Å². The second-order valence-corrected chi connectivity index (χ2v) is 8.10. The lowest BCUT2D eigenvalue weighted by Gasteiger charge is -2.26. The molecular formula is C25H30N4O5. The summed E-state index contributed by atoms with van der Waals surface area (Å²) in [5, 5.41) is 6.42. The average Bonchev–Trinajstić information content (AvgIpc) is 2.87. The highest BCUT2D eigenvalue weighted by atomic mass is 16.5. The number of morpholine rings is 1. The number of ether oxygens (including phenoxy) is 2. The van der Waals surface area contributed by atoms with Crippen LogP contribution in [0.15, 0.2) is 53.6 Å². The molecule has 180 valence electrons. The fourth-order valence-electron chi connectivity index (χ4n) is 3.26. The second kappa shape index (κ2) is 12.5. The van der Waals surface area contributed by atoms with Crippen LogP contribution in [0, 0.1) is 0 Å². The standard InChI is InChI=1S/C25H30N4O5/c1-18(2)20-9-7-19(8-10-20)15-26-24(31)25(32)28-27-16-21-5-3-4-6-22(21)34-17-23(30)29-11-13-33-14-12-29/h3-10,16,18H,11-15,17H2,1-2H3,(H,26,31)(H,28,32)/b27-16-. The molecule has 1 fully saturated rings. The number of hydrogen-bond donors (Lipinski definition) is 2. The lowest BCUT2D eigenvalue weighted by atomic mass is 10.0. The molecule has 0 aromatic heterocycles. The highest BCUT2D eigenvalue weighted by Gasteiger charge is 2.17. The molecular weight excluding hydrogens is 436 g/mol. The van der Waals surface area contributed by atoms with Gasteiger partial charge in [0.2, 0.25) is 0 Å². The first-order valence-corrected chi connectivity index (χ1v) is 11.2. The number of para-hydroxylation sites is 1. The van der Waals surface area contributed by atoms with Crippen LogP contribution in [0.25, 0.3) is 0 Å². The van der Waals surface area contributed by atoms with Crippen LogP contribution in [0.5, 0.6) is 5.75 Å². The van der Waals surface area contributed by atoms with Crippen molar-refractivity contribution in [3.63, 3.8) is 0 Å². The van der Waals surface area contributed by atoms with E-state index in [4.69, 9.17) is 9.47 Å². The first kappa shape index (κ1) is 24.9. The molecule has 9 heteroatoms. The van der Waals surface area contributed by atoms with E-state index in [0.717, 1.165) is 5.56 Å². The summed E-state index contributed by atoms with van der Waals surface area (Å²) in [5.41, 5.74) is 4.87. The smallest absolute Gasteiger partial charge is 0.329 e. The van der Waals surface area contributed by atoms with Gasteiger partial charge in [0, 0.05) is 25.2 Å². The Morgan fingerprint density at radius 3 is 2.47 bits per heavy atom. The van der Waals surface area contributed by atoms with E-state index >= 15 is 0 Å². The van der Waals surface area contributed by atoms with Crippen molar-refractivity contribution in [2.45, 2.75) is 26.3 Å². The summed E-state index contributed by atoms with van der Waals surface area (Å²) in [7, 11) is 0. The molecule has 0 bridgehead atoms. The highest BCUT2D eigenvalue weighted by molar-refractivity contribution is 6.35. The van der Waals surface area contributed by atoms with Crippen LogP contribution in [0.1, 0.15) is 36.5 Å². The Morgan fingerprint density at radius 2 is 1.76 bits per heavy atom. The number of carbonyl (C=O) groups excluding carboxylic acids is 3. The lowest BCUT2D eigenvalue weighted by molar-refractivity contribution is -0.139. The van der Waals surface area contributed by atoms with E-state index in [0.29, 0.717) is 43.5 Å². The highest BCUT2D eigenvalue weighted by Crippen LogP contribution is 2.16. The summed E-state index contributed by atoms with van der Waals surface area (Å²) in [5.74, 6) is -0.926. The van der Waals surface area contributed by atoms with Gasteiger partial charge in [-0.1, -0.05) is 50.2 Å². The third kappa shape index (κ3) is 7.41. The van der Waals surface area contributed by atoms with Crippen LogP contribution in [0.4, 0.5) is 0 Å². The van der Waals surface area contributed by atoms with Gasteiger partial charge >= 0.3 is 11.8 Å². The van der Waals surface area contributed by atoms with Crippen LogP contribution in [0.2, 0.25) is 0 Å². The minimum Gasteiger partial charge on any atom is -0.483 e. The van der Waals surface area contributed by atoms with Crippen molar-refractivity contribution < 1.29 is 23.9 Å². The Morgan fingerprint density at radius 1 is 1.06 bits per heavy atom. The largest absolute Gasteiger partial charge is 0.483 e. The average molecular weight is 467 g/mol. The molecule has 2 N–H and O–H groups in total. The molecule has 9 nitrogen and oxygen atoms in total. The predicted octanol–water partition coefficient (Wildman–Crippen LogP) is 1.81. The Kier molecular flexibility index (Phi) is 9.16. The zero-order valence-electron chi connectivity index (χ0n) is 19.5. The number of rotatable bonds is 8. The minimum atomic E-state index is -0.879. The van der Waals surface area contributed by atoms with E-state index in [2.05, 4.69) is 29.7 Å². The summed E-state index contributed by atoms with van der Waals surface area (Å²) >= 11 is 0.